The molecule has 1 saturated heterocycles. The smallest absolute Gasteiger partial charge is 0.165 e. The second kappa shape index (κ2) is 6.27. The van der Waals surface area contributed by atoms with Crippen molar-refractivity contribution in [2.75, 3.05) is 23.7 Å². The number of pyridine rings is 1. The van der Waals surface area contributed by atoms with Gasteiger partial charge < -0.3 is 10.6 Å². The van der Waals surface area contributed by atoms with Crippen molar-refractivity contribution in [3.63, 3.8) is 0 Å². The average molecular weight is 375 g/mol. The maximum Gasteiger partial charge on any atom is 0.165 e. The molecular weight excluding hydrogens is 348 g/mol. The van der Waals surface area contributed by atoms with E-state index in [1.165, 1.54) is 0 Å². The van der Waals surface area contributed by atoms with Crippen LogP contribution in [0.25, 0.3) is 0 Å². The van der Waals surface area contributed by atoms with Crippen LogP contribution < -0.4 is 10.6 Å². The largest absolute Gasteiger partial charge is 0.386 e. The van der Waals surface area contributed by atoms with Crippen molar-refractivity contribution in [1.29, 1.82) is 0 Å². The van der Waals surface area contributed by atoms with Gasteiger partial charge in [0.25, 0.3) is 0 Å². The first-order valence-corrected chi connectivity index (χ1v) is 10.5. The van der Waals surface area contributed by atoms with Crippen LogP contribution in [0.15, 0.2) is 23.3 Å². The topological polar surface area (TPSA) is 88.7 Å². The summed E-state index contributed by atoms with van der Waals surface area (Å²) in [6.07, 6.45) is 2.61. The van der Waals surface area contributed by atoms with Crippen LogP contribution in [0.5, 0.6) is 0 Å². The monoisotopic (exact) mass is 374 g/mol. The number of anilines is 1. The Kier molecular flexibility index (Phi) is 4.51. The minimum atomic E-state index is -3.36. The second-order valence-corrected chi connectivity index (χ2v) is 10.4. The molecule has 2 atom stereocenters. The molecular formula is C19H26N4O2S. The maximum absolute atomic E-state index is 12.8. The molecule has 0 spiro atoms. The van der Waals surface area contributed by atoms with Gasteiger partial charge in [0, 0.05) is 30.8 Å². The van der Waals surface area contributed by atoms with Crippen molar-refractivity contribution in [1.82, 2.24) is 4.98 Å². The number of hydrogen-bond acceptors (Lipinski definition) is 6. The zero-order chi connectivity index (χ0) is 19.2. The van der Waals surface area contributed by atoms with Crippen molar-refractivity contribution in [2.24, 2.45) is 16.6 Å². The average Bonchev–Trinajstić information content (AvgIpc) is 3.04. The number of aromatic nitrogens is 1. The van der Waals surface area contributed by atoms with Gasteiger partial charge in [0.1, 0.15) is 16.4 Å². The standard InChI is InChI=1S/C19H26N4O2S/c1-5-6-14-7-9-21-16(11-14)23-10-8-15(12-23)19(4)13-26(24,25)18(2,3)17(20)22-19/h7,9,11,15H,8,10,12-13H2,1-4H3,(H2,20,22)/t15-,19+/m1/s1. The summed E-state index contributed by atoms with van der Waals surface area (Å²) < 4.78 is 24.4. The molecule has 0 bridgehead atoms. The zero-order valence-corrected chi connectivity index (χ0v) is 16.6. The fourth-order valence-corrected chi connectivity index (χ4v) is 5.46. The van der Waals surface area contributed by atoms with E-state index in [9.17, 15) is 8.42 Å². The first kappa shape index (κ1) is 18.7. The Balaban J connectivity index is 1.86. The molecule has 1 aromatic rings. The molecule has 0 aliphatic carbocycles. The van der Waals surface area contributed by atoms with Gasteiger partial charge in [0.15, 0.2) is 9.84 Å². The van der Waals surface area contributed by atoms with E-state index in [2.05, 4.69) is 26.7 Å². The summed E-state index contributed by atoms with van der Waals surface area (Å²) in [7, 11) is -3.36. The molecule has 1 aromatic heterocycles. The molecule has 0 aromatic carbocycles. The number of amidine groups is 1. The maximum atomic E-state index is 12.8. The summed E-state index contributed by atoms with van der Waals surface area (Å²) in [6.45, 7) is 8.50. The number of sulfone groups is 1. The lowest BCUT2D eigenvalue weighted by atomic mass is 9.86. The first-order chi connectivity index (χ1) is 12.1. The molecule has 3 rings (SSSR count). The summed E-state index contributed by atoms with van der Waals surface area (Å²) in [5.74, 6) is 7.15. The van der Waals surface area contributed by atoms with Gasteiger partial charge in [0.2, 0.25) is 0 Å². The van der Waals surface area contributed by atoms with Gasteiger partial charge >= 0.3 is 0 Å². The van der Waals surface area contributed by atoms with Crippen LogP contribution in [0, 0.1) is 17.8 Å². The summed E-state index contributed by atoms with van der Waals surface area (Å²) >= 11 is 0. The highest BCUT2D eigenvalue weighted by atomic mass is 32.2. The fourth-order valence-electron chi connectivity index (χ4n) is 3.67. The van der Waals surface area contributed by atoms with Crippen molar-refractivity contribution < 1.29 is 8.42 Å². The number of nitrogens with two attached hydrogens (primary N) is 1. The van der Waals surface area contributed by atoms with E-state index in [4.69, 9.17) is 5.73 Å². The highest BCUT2D eigenvalue weighted by molar-refractivity contribution is 7.93. The Morgan fingerprint density at radius 1 is 1.35 bits per heavy atom. The fraction of sp³-hybridized carbons (Fsp3) is 0.579. The third kappa shape index (κ3) is 3.07. The van der Waals surface area contributed by atoms with Crippen LogP contribution >= 0.6 is 0 Å². The Hall–Kier alpha value is -2.07. The van der Waals surface area contributed by atoms with Gasteiger partial charge in [-0.05, 0) is 46.2 Å². The van der Waals surface area contributed by atoms with E-state index in [-0.39, 0.29) is 17.5 Å². The van der Waals surface area contributed by atoms with E-state index in [0.29, 0.717) is 6.54 Å². The normalized spacial score (nSPS) is 29.6. The lowest BCUT2D eigenvalue weighted by molar-refractivity contribution is 0.344. The minimum Gasteiger partial charge on any atom is -0.386 e. The number of hydrogen-bond donors (Lipinski definition) is 1. The van der Waals surface area contributed by atoms with Crippen LogP contribution in [0.3, 0.4) is 0 Å². The van der Waals surface area contributed by atoms with Crippen LogP contribution in [0.4, 0.5) is 5.82 Å². The van der Waals surface area contributed by atoms with Crippen LogP contribution in [-0.4, -0.2) is 48.4 Å². The quantitative estimate of drug-likeness (QED) is 0.795. The van der Waals surface area contributed by atoms with Gasteiger partial charge in [-0.25, -0.2) is 13.4 Å². The molecule has 7 heteroatoms. The molecule has 6 nitrogen and oxygen atoms in total. The zero-order valence-electron chi connectivity index (χ0n) is 15.8. The van der Waals surface area contributed by atoms with Crippen LogP contribution in [-0.2, 0) is 9.84 Å². The molecule has 2 aliphatic rings. The minimum absolute atomic E-state index is 0.0288. The Morgan fingerprint density at radius 2 is 2.08 bits per heavy atom. The van der Waals surface area contributed by atoms with Crippen LogP contribution in [0.1, 0.15) is 39.7 Å². The number of nitrogens with zero attached hydrogens (tertiary/aromatic N) is 3. The van der Waals surface area contributed by atoms with E-state index < -0.39 is 20.1 Å². The lowest BCUT2D eigenvalue weighted by Gasteiger charge is -2.40. The molecule has 0 radical (unpaired) electrons. The van der Waals surface area contributed by atoms with Gasteiger partial charge in [0.05, 0.1) is 11.3 Å². The molecule has 140 valence electrons. The lowest BCUT2D eigenvalue weighted by Crippen LogP contribution is -2.58. The summed E-state index contributed by atoms with van der Waals surface area (Å²) in [5.41, 5.74) is 6.29. The molecule has 2 aliphatic heterocycles. The van der Waals surface area contributed by atoms with Crippen molar-refractivity contribution in [3.8, 4) is 11.8 Å². The predicted molar refractivity (Wildman–Crippen MR) is 105 cm³/mol. The first-order valence-electron chi connectivity index (χ1n) is 8.81. The second-order valence-electron chi connectivity index (χ2n) is 7.83. The van der Waals surface area contributed by atoms with Gasteiger partial charge in [-0.3, -0.25) is 4.99 Å². The van der Waals surface area contributed by atoms with Crippen LogP contribution in [0.2, 0.25) is 0 Å². The molecule has 3 heterocycles. The summed E-state index contributed by atoms with van der Waals surface area (Å²) in [5, 5.41) is 0. The predicted octanol–water partition coefficient (Wildman–Crippen LogP) is 1.60. The van der Waals surface area contributed by atoms with Gasteiger partial charge in [-0.15, -0.1) is 5.92 Å². The van der Waals surface area contributed by atoms with E-state index >= 15 is 0 Å². The van der Waals surface area contributed by atoms with E-state index in [1.54, 1.807) is 27.0 Å². The SMILES string of the molecule is CC#Cc1ccnc(N2CC[C@@H]([C@]3(C)CS(=O)(=O)C(C)(C)C(N)=N3)C2)c1. The number of rotatable bonds is 2. The summed E-state index contributed by atoms with van der Waals surface area (Å²) in [6, 6.07) is 3.86. The third-order valence-corrected chi connectivity index (χ3v) is 8.39. The van der Waals surface area contributed by atoms with Gasteiger partial charge in [-0.1, -0.05) is 5.92 Å². The molecule has 0 unspecified atom stereocenters. The Bertz CT molecular complexity index is 911. The van der Waals surface area contributed by atoms with Crippen molar-refractivity contribution >= 4 is 21.5 Å². The number of aliphatic imine (C=N–C) groups is 1. The van der Waals surface area contributed by atoms with Crippen molar-refractivity contribution in [3.05, 3.63) is 23.9 Å². The highest BCUT2D eigenvalue weighted by Crippen LogP contribution is 2.39. The Labute approximate surface area is 155 Å². The molecule has 1 fully saturated rings. The van der Waals surface area contributed by atoms with Gasteiger partial charge in [-0.2, -0.15) is 0 Å². The van der Waals surface area contributed by atoms with E-state index in [0.717, 1.165) is 24.3 Å². The summed E-state index contributed by atoms with van der Waals surface area (Å²) in [4.78, 5) is 11.3. The van der Waals surface area contributed by atoms with Crippen molar-refractivity contribution in [2.45, 2.75) is 44.4 Å². The molecule has 2 N–H and O–H groups in total. The molecule has 0 saturated carbocycles. The highest BCUT2D eigenvalue weighted by Gasteiger charge is 2.51. The van der Waals surface area contributed by atoms with E-state index in [1.807, 2.05) is 19.1 Å². The molecule has 26 heavy (non-hydrogen) atoms. The molecule has 0 amide bonds. The third-order valence-electron chi connectivity index (χ3n) is 5.66. The Morgan fingerprint density at radius 3 is 2.73 bits per heavy atom.